The van der Waals surface area contributed by atoms with Crippen molar-refractivity contribution in [2.24, 2.45) is 0 Å². The zero-order valence-corrected chi connectivity index (χ0v) is 15.3. The number of carbonyl (C=O) groups is 1. The molecule has 140 valence electrons. The largest absolute Gasteiger partial charge is 0.508 e. The maximum atomic E-state index is 11.6. The lowest BCUT2D eigenvalue weighted by atomic mass is 10.2. The number of ether oxygens (including phenoxy) is 4. The second-order valence-corrected chi connectivity index (χ2v) is 6.09. The predicted molar refractivity (Wildman–Crippen MR) is 98.7 cm³/mol. The van der Waals surface area contributed by atoms with Gasteiger partial charge in [-0.25, -0.2) is 4.79 Å². The second kappa shape index (κ2) is 11.3. The Kier molecular flexibility index (Phi) is 8.66. The normalized spacial score (nSPS) is 13.0. The van der Waals surface area contributed by atoms with E-state index in [9.17, 15) is 4.79 Å². The number of carbonyl (C=O) groups excluding carboxylic acids is 1. The van der Waals surface area contributed by atoms with E-state index in [1.807, 2.05) is 74.5 Å². The topological polar surface area (TPSA) is 54.0 Å². The summed E-state index contributed by atoms with van der Waals surface area (Å²) in [7, 11) is 0. The van der Waals surface area contributed by atoms with E-state index >= 15 is 0 Å². The molecule has 0 spiro atoms. The molecule has 2 atom stereocenters. The Labute approximate surface area is 154 Å². The predicted octanol–water partition coefficient (Wildman–Crippen LogP) is 4.35. The quantitative estimate of drug-likeness (QED) is 0.591. The highest BCUT2D eigenvalue weighted by Gasteiger charge is 2.11. The molecule has 26 heavy (non-hydrogen) atoms. The summed E-state index contributed by atoms with van der Waals surface area (Å²) in [6.45, 7) is 4.94. The van der Waals surface area contributed by atoms with Crippen molar-refractivity contribution in [3.8, 4) is 0 Å². The molecule has 0 N–H and O–H groups in total. The van der Waals surface area contributed by atoms with Gasteiger partial charge in [0.15, 0.2) is 0 Å². The summed E-state index contributed by atoms with van der Waals surface area (Å²) in [4.78, 5) is 11.6. The molecule has 0 saturated heterocycles. The minimum absolute atomic E-state index is 0.144. The minimum atomic E-state index is -0.713. The molecule has 0 aliphatic rings. The fourth-order valence-corrected chi connectivity index (χ4v) is 2.13. The van der Waals surface area contributed by atoms with Crippen molar-refractivity contribution in [3.63, 3.8) is 0 Å². The van der Waals surface area contributed by atoms with E-state index in [2.05, 4.69) is 0 Å². The van der Waals surface area contributed by atoms with Crippen LogP contribution in [-0.4, -0.2) is 31.6 Å². The van der Waals surface area contributed by atoms with Crippen molar-refractivity contribution < 1.29 is 23.7 Å². The summed E-state index contributed by atoms with van der Waals surface area (Å²) in [5.74, 6) is 0. The molecule has 2 unspecified atom stereocenters. The third-order valence-corrected chi connectivity index (χ3v) is 3.63. The van der Waals surface area contributed by atoms with Crippen LogP contribution in [0.2, 0.25) is 0 Å². The maximum Gasteiger partial charge on any atom is 0.508 e. The second-order valence-electron chi connectivity index (χ2n) is 6.09. The van der Waals surface area contributed by atoms with Crippen LogP contribution in [0.25, 0.3) is 0 Å². The Morgan fingerprint density at radius 2 is 1.12 bits per heavy atom. The van der Waals surface area contributed by atoms with Crippen molar-refractivity contribution in [2.45, 2.75) is 39.3 Å². The molecule has 2 rings (SSSR count). The van der Waals surface area contributed by atoms with E-state index < -0.39 is 6.16 Å². The van der Waals surface area contributed by atoms with Crippen molar-refractivity contribution in [3.05, 3.63) is 71.8 Å². The fraction of sp³-hybridized carbons (Fsp3) is 0.381. The van der Waals surface area contributed by atoms with Gasteiger partial charge < -0.3 is 18.9 Å². The summed E-state index contributed by atoms with van der Waals surface area (Å²) in [5.41, 5.74) is 2.15. The van der Waals surface area contributed by atoms with E-state index in [-0.39, 0.29) is 25.4 Å². The molecule has 5 heteroatoms. The Balaban J connectivity index is 1.55. The molecule has 0 heterocycles. The van der Waals surface area contributed by atoms with Gasteiger partial charge in [-0.2, -0.15) is 0 Å². The van der Waals surface area contributed by atoms with Crippen LogP contribution in [0.4, 0.5) is 4.79 Å². The highest BCUT2D eigenvalue weighted by molar-refractivity contribution is 5.59. The lowest BCUT2D eigenvalue weighted by Crippen LogP contribution is -2.23. The number of hydrogen-bond acceptors (Lipinski definition) is 5. The van der Waals surface area contributed by atoms with Crippen molar-refractivity contribution in [1.82, 2.24) is 0 Å². The lowest BCUT2D eigenvalue weighted by molar-refractivity contribution is -0.0363. The van der Waals surface area contributed by atoms with Gasteiger partial charge >= 0.3 is 6.16 Å². The molecule has 0 bridgehead atoms. The summed E-state index contributed by atoms with van der Waals surface area (Å²) >= 11 is 0. The van der Waals surface area contributed by atoms with Crippen LogP contribution in [0.5, 0.6) is 0 Å². The summed E-state index contributed by atoms with van der Waals surface area (Å²) in [6, 6.07) is 19.7. The van der Waals surface area contributed by atoms with Gasteiger partial charge in [0.05, 0.1) is 25.4 Å². The van der Waals surface area contributed by atoms with E-state index in [1.165, 1.54) is 0 Å². The van der Waals surface area contributed by atoms with E-state index in [0.29, 0.717) is 13.2 Å². The first-order valence-electron chi connectivity index (χ1n) is 8.74. The van der Waals surface area contributed by atoms with Crippen LogP contribution in [0.3, 0.4) is 0 Å². The molecule has 0 amide bonds. The van der Waals surface area contributed by atoms with Crippen LogP contribution in [0.15, 0.2) is 60.7 Å². The van der Waals surface area contributed by atoms with Crippen LogP contribution in [0.1, 0.15) is 25.0 Å². The summed E-state index contributed by atoms with van der Waals surface area (Å²) < 4.78 is 21.4. The van der Waals surface area contributed by atoms with Crippen molar-refractivity contribution in [2.75, 3.05) is 13.2 Å². The standard InChI is InChI=1S/C21H26O5/c1-17(23-15-19-9-5-3-6-10-19)13-25-21(22)26-14-18(2)24-16-20-11-7-4-8-12-20/h3-12,17-18H,13-16H2,1-2H3. The van der Waals surface area contributed by atoms with E-state index in [1.54, 1.807) is 0 Å². The third-order valence-electron chi connectivity index (χ3n) is 3.63. The molecule has 0 aliphatic carbocycles. The molecule has 5 nitrogen and oxygen atoms in total. The zero-order valence-electron chi connectivity index (χ0n) is 15.3. The Morgan fingerprint density at radius 1 is 0.731 bits per heavy atom. The minimum Gasteiger partial charge on any atom is -0.432 e. The van der Waals surface area contributed by atoms with Gasteiger partial charge in [-0.05, 0) is 25.0 Å². The van der Waals surface area contributed by atoms with Crippen molar-refractivity contribution in [1.29, 1.82) is 0 Å². The summed E-state index contributed by atoms with van der Waals surface area (Å²) in [5, 5.41) is 0. The van der Waals surface area contributed by atoms with Gasteiger partial charge in [0.2, 0.25) is 0 Å². The number of hydrogen-bond donors (Lipinski definition) is 0. The van der Waals surface area contributed by atoms with Gasteiger partial charge in [-0.3, -0.25) is 0 Å². The average Bonchev–Trinajstić information content (AvgIpc) is 2.69. The smallest absolute Gasteiger partial charge is 0.432 e. The Morgan fingerprint density at radius 3 is 1.50 bits per heavy atom. The van der Waals surface area contributed by atoms with Crippen LogP contribution < -0.4 is 0 Å². The molecule has 0 radical (unpaired) electrons. The van der Waals surface area contributed by atoms with Crippen LogP contribution >= 0.6 is 0 Å². The SMILES string of the molecule is CC(COC(=O)OCC(C)OCc1ccccc1)OCc1ccccc1. The van der Waals surface area contributed by atoms with Gasteiger partial charge in [-0.15, -0.1) is 0 Å². The molecule has 0 aromatic heterocycles. The van der Waals surface area contributed by atoms with Crippen LogP contribution in [-0.2, 0) is 32.2 Å². The van der Waals surface area contributed by atoms with Gasteiger partial charge in [0, 0.05) is 0 Å². The molecule has 2 aromatic rings. The van der Waals surface area contributed by atoms with E-state index in [0.717, 1.165) is 11.1 Å². The molecule has 0 fully saturated rings. The monoisotopic (exact) mass is 358 g/mol. The molecule has 2 aromatic carbocycles. The highest BCUT2D eigenvalue weighted by Crippen LogP contribution is 2.05. The average molecular weight is 358 g/mol. The van der Waals surface area contributed by atoms with Crippen LogP contribution in [0, 0.1) is 0 Å². The lowest BCUT2D eigenvalue weighted by Gasteiger charge is -2.15. The zero-order chi connectivity index (χ0) is 18.6. The van der Waals surface area contributed by atoms with Gasteiger partial charge in [0.25, 0.3) is 0 Å². The molecule has 0 aliphatic heterocycles. The maximum absolute atomic E-state index is 11.6. The first kappa shape index (κ1) is 19.9. The molecular weight excluding hydrogens is 332 g/mol. The first-order chi connectivity index (χ1) is 12.6. The molecule has 0 saturated carbocycles. The third kappa shape index (κ3) is 8.14. The highest BCUT2D eigenvalue weighted by atomic mass is 16.7. The first-order valence-corrected chi connectivity index (χ1v) is 8.74. The number of benzene rings is 2. The van der Waals surface area contributed by atoms with Gasteiger partial charge in [0.1, 0.15) is 13.2 Å². The molecular formula is C21H26O5. The van der Waals surface area contributed by atoms with Crippen molar-refractivity contribution >= 4 is 6.16 Å². The Hall–Kier alpha value is -2.37. The van der Waals surface area contributed by atoms with E-state index in [4.69, 9.17) is 18.9 Å². The van der Waals surface area contributed by atoms with Gasteiger partial charge in [-0.1, -0.05) is 60.7 Å². The summed E-state index contributed by atoms with van der Waals surface area (Å²) in [6.07, 6.45) is -1.14. The fourth-order valence-electron chi connectivity index (χ4n) is 2.13. The Bertz CT molecular complexity index is 574. The number of rotatable bonds is 10.